The number of carboxylic acids is 1. The van der Waals surface area contributed by atoms with Crippen LogP contribution in [0.25, 0.3) is 0 Å². The molecule has 0 bridgehead atoms. The van der Waals surface area contributed by atoms with E-state index in [1.807, 2.05) is 6.07 Å². The van der Waals surface area contributed by atoms with E-state index in [1.165, 1.54) is 0 Å². The van der Waals surface area contributed by atoms with Crippen LogP contribution in [0.4, 0.5) is 0 Å². The average Bonchev–Trinajstić information content (AvgIpc) is 2.84. The summed E-state index contributed by atoms with van der Waals surface area (Å²) in [6.45, 7) is 1.44. The van der Waals surface area contributed by atoms with Crippen molar-refractivity contribution in [2.45, 2.75) is 25.6 Å². The second-order valence-corrected chi connectivity index (χ2v) is 4.62. The number of carbonyl (C=O) groups is 3. The van der Waals surface area contributed by atoms with E-state index in [4.69, 9.17) is 10.8 Å². The van der Waals surface area contributed by atoms with Gasteiger partial charge >= 0.3 is 5.97 Å². The summed E-state index contributed by atoms with van der Waals surface area (Å²) in [6, 6.07) is 3.86. The molecule has 1 aliphatic rings. The first-order valence-electron chi connectivity index (χ1n) is 6.12. The topological polar surface area (TPSA) is 122 Å². The van der Waals surface area contributed by atoms with Crippen LogP contribution in [-0.2, 0) is 22.7 Å². The first-order chi connectivity index (χ1) is 9.47. The molecule has 2 rings (SSSR count). The van der Waals surface area contributed by atoms with Crippen molar-refractivity contribution in [3.8, 4) is 0 Å². The van der Waals surface area contributed by atoms with Gasteiger partial charge in [-0.1, -0.05) is 6.07 Å². The SMILES string of the molecule is NC(=O)C[C@@H](NC(=O)c1ccc2c(c1)CNC2)C(=O)O. The largest absolute Gasteiger partial charge is 0.480 e. The highest BCUT2D eigenvalue weighted by Gasteiger charge is 2.23. The van der Waals surface area contributed by atoms with Crippen molar-refractivity contribution in [2.24, 2.45) is 5.73 Å². The fraction of sp³-hybridized carbons (Fsp3) is 0.308. The second kappa shape index (κ2) is 5.70. The summed E-state index contributed by atoms with van der Waals surface area (Å²) in [6.07, 6.45) is -0.437. The van der Waals surface area contributed by atoms with E-state index in [9.17, 15) is 14.4 Å². The molecular weight excluding hydrogens is 262 g/mol. The van der Waals surface area contributed by atoms with E-state index >= 15 is 0 Å². The Morgan fingerprint density at radius 2 is 2.00 bits per heavy atom. The fourth-order valence-electron chi connectivity index (χ4n) is 2.08. The highest BCUT2D eigenvalue weighted by molar-refractivity contribution is 5.97. The Bertz CT molecular complexity index is 571. The van der Waals surface area contributed by atoms with Crippen LogP contribution in [0.2, 0.25) is 0 Å². The van der Waals surface area contributed by atoms with Gasteiger partial charge in [0.2, 0.25) is 5.91 Å². The van der Waals surface area contributed by atoms with Gasteiger partial charge in [-0.2, -0.15) is 0 Å². The van der Waals surface area contributed by atoms with Gasteiger partial charge in [0.05, 0.1) is 6.42 Å². The van der Waals surface area contributed by atoms with Crippen molar-refractivity contribution < 1.29 is 19.5 Å². The minimum absolute atomic E-state index is 0.364. The molecule has 0 saturated heterocycles. The number of nitrogens with two attached hydrogens (primary N) is 1. The lowest BCUT2D eigenvalue weighted by atomic mass is 10.1. The van der Waals surface area contributed by atoms with Crippen molar-refractivity contribution >= 4 is 17.8 Å². The van der Waals surface area contributed by atoms with E-state index in [2.05, 4.69) is 10.6 Å². The smallest absolute Gasteiger partial charge is 0.326 e. The van der Waals surface area contributed by atoms with Gasteiger partial charge in [0.1, 0.15) is 6.04 Å². The molecule has 20 heavy (non-hydrogen) atoms. The molecule has 0 radical (unpaired) electrons. The Morgan fingerprint density at radius 1 is 1.30 bits per heavy atom. The van der Waals surface area contributed by atoms with Gasteiger partial charge in [-0.05, 0) is 23.3 Å². The Labute approximate surface area is 115 Å². The molecule has 7 nitrogen and oxygen atoms in total. The van der Waals surface area contributed by atoms with Crippen molar-refractivity contribution in [2.75, 3.05) is 0 Å². The minimum Gasteiger partial charge on any atom is -0.480 e. The number of benzene rings is 1. The Kier molecular flexibility index (Phi) is 3.99. The van der Waals surface area contributed by atoms with E-state index in [-0.39, 0.29) is 0 Å². The van der Waals surface area contributed by atoms with Gasteiger partial charge in [-0.3, -0.25) is 9.59 Å². The van der Waals surface area contributed by atoms with Crippen LogP contribution in [0.5, 0.6) is 0 Å². The molecule has 0 aliphatic carbocycles. The first kappa shape index (κ1) is 14.0. The maximum Gasteiger partial charge on any atom is 0.326 e. The summed E-state index contributed by atoms with van der Waals surface area (Å²) in [7, 11) is 0. The van der Waals surface area contributed by atoms with Crippen LogP contribution in [0.15, 0.2) is 18.2 Å². The first-order valence-corrected chi connectivity index (χ1v) is 6.12. The number of aliphatic carboxylic acids is 1. The standard InChI is InChI=1S/C13H15N3O4/c14-11(17)4-10(13(19)20)16-12(18)7-1-2-8-5-15-6-9(8)3-7/h1-3,10,15H,4-6H2,(H2,14,17)(H,16,18)(H,19,20)/t10-/m1/s1. The normalized spacial score (nSPS) is 14.4. The number of primary amides is 1. The number of hydrogen-bond donors (Lipinski definition) is 4. The van der Waals surface area contributed by atoms with Crippen LogP contribution < -0.4 is 16.4 Å². The lowest BCUT2D eigenvalue weighted by Crippen LogP contribution is -2.43. The molecule has 1 aromatic carbocycles. The van der Waals surface area contributed by atoms with Gasteiger partial charge in [-0.25, -0.2) is 4.79 Å². The third kappa shape index (κ3) is 3.12. The van der Waals surface area contributed by atoms with Crippen LogP contribution in [0.3, 0.4) is 0 Å². The Hall–Kier alpha value is -2.41. The van der Waals surface area contributed by atoms with Crippen molar-refractivity contribution in [1.29, 1.82) is 0 Å². The Balaban J connectivity index is 2.10. The van der Waals surface area contributed by atoms with Crippen LogP contribution >= 0.6 is 0 Å². The summed E-state index contributed by atoms with van der Waals surface area (Å²) < 4.78 is 0. The van der Waals surface area contributed by atoms with E-state index in [0.29, 0.717) is 12.1 Å². The molecule has 1 aliphatic heterocycles. The molecule has 5 N–H and O–H groups in total. The quantitative estimate of drug-likeness (QED) is 0.569. The molecule has 2 amide bonds. The third-order valence-electron chi connectivity index (χ3n) is 3.11. The molecule has 0 fully saturated rings. The number of amides is 2. The van der Waals surface area contributed by atoms with Crippen LogP contribution in [-0.4, -0.2) is 28.9 Å². The summed E-state index contributed by atoms with van der Waals surface area (Å²) in [4.78, 5) is 33.7. The molecular formula is C13H15N3O4. The summed E-state index contributed by atoms with van der Waals surface area (Å²) in [5.74, 6) is -2.61. The zero-order chi connectivity index (χ0) is 14.7. The van der Waals surface area contributed by atoms with Crippen LogP contribution in [0, 0.1) is 0 Å². The van der Waals surface area contributed by atoms with Crippen molar-refractivity contribution in [3.63, 3.8) is 0 Å². The number of hydrogen-bond acceptors (Lipinski definition) is 4. The minimum atomic E-state index is -1.31. The van der Waals surface area contributed by atoms with Gasteiger partial charge < -0.3 is 21.5 Å². The van der Waals surface area contributed by atoms with E-state index in [0.717, 1.165) is 17.7 Å². The molecule has 0 unspecified atom stereocenters. The lowest BCUT2D eigenvalue weighted by Gasteiger charge is -2.13. The lowest BCUT2D eigenvalue weighted by molar-refractivity contribution is -0.140. The molecule has 0 saturated carbocycles. The highest BCUT2D eigenvalue weighted by Crippen LogP contribution is 2.17. The fourth-order valence-corrected chi connectivity index (χ4v) is 2.08. The Morgan fingerprint density at radius 3 is 2.65 bits per heavy atom. The number of rotatable bonds is 5. The molecule has 7 heteroatoms. The monoisotopic (exact) mass is 277 g/mol. The maximum atomic E-state index is 12.0. The zero-order valence-electron chi connectivity index (χ0n) is 10.7. The summed E-state index contributed by atoms with van der Waals surface area (Å²) >= 11 is 0. The predicted octanol–water partition coefficient (Wildman–Crippen LogP) is -0.652. The molecule has 1 heterocycles. The molecule has 1 aromatic rings. The molecule has 1 atom stereocenters. The van der Waals surface area contributed by atoms with E-state index < -0.39 is 30.2 Å². The number of carboxylic acid groups (broad SMARTS) is 1. The van der Waals surface area contributed by atoms with Crippen molar-refractivity contribution in [3.05, 3.63) is 34.9 Å². The van der Waals surface area contributed by atoms with Crippen molar-refractivity contribution in [1.82, 2.24) is 10.6 Å². The highest BCUT2D eigenvalue weighted by atomic mass is 16.4. The third-order valence-corrected chi connectivity index (χ3v) is 3.11. The molecule has 106 valence electrons. The molecule has 0 spiro atoms. The van der Waals surface area contributed by atoms with Crippen LogP contribution in [0.1, 0.15) is 27.9 Å². The number of fused-ring (bicyclic) bond motifs is 1. The van der Waals surface area contributed by atoms with E-state index in [1.54, 1.807) is 12.1 Å². The predicted molar refractivity (Wildman–Crippen MR) is 69.7 cm³/mol. The molecule has 0 aromatic heterocycles. The second-order valence-electron chi connectivity index (χ2n) is 4.62. The van der Waals surface area contributed by atoms with Gasteiger partial charge in [0, 0.05) is 18.7 Å². The van der Waals surface area contributed by atoms with Gasteiger partial charge in [0.15, 0.2) is 0 Å². The number of carbonyl (C=O) groups excluding carboxylic acids is 2. The number of nitrogens with one attached hydrogen (secondary N) is 2. The summed E-state index contributed by atoms with van der Waals surface area (Å²) in [5.41, 5.74) is 7.45. The summed E-state index contributed by atoms with van der Waals surface area (Å²) in [5, 5.41) is 14.4. The zero-order valence-corrected chi connectivity index (χ0v) is 10.7. The van der Waals surface area contributed by atoms with Gasteiger partial charge in [-0.15, -0.1) is 0 Å². The maximum absolute atomic E-state index is 12.0. The average molecular weight is 277 g/mol. The van der Waals surface area contributed by atoms with Gasteiger partial charge in [0.25, 0.3) is 5.91 Å².